The summed E-state index contributed by atoms with van der Waals surface area (Å²) in [7, 11) is 0. The zero-order chi connectivity index (χ0) is 16.3. The van der Waals surface area contributed by atoms with E-state index in [1.54, 1.807) is 11.3 Å². The number of likely N-dealkylation sites (tertiary alicyclic amines) is 1. The Balaban J connectivity index is 1.87. The Labute approximate surface area is 141 Å². The summed E-state index contributed by atoms with van der Waals surface area (Å²) in [6.45, 7) is 9.36. The summed E-state index contributed by atoms with van der Waals surface area (Å²) in [4.78, 5) is 14.1. The first-order valence-electron chi connectivity index (χ1n) is 7.73. The molecule has 0 spiro atoms. The van der Waals surface area contributed by atoms with Crippen molar-refractivity contribution >= 4 is 29.0 Å². The predicted octanol–water partition coefficient (Wildman–Crippen LogP) is 4.45. The number of hydrogen-bond donors (Lipinski definition) is 1. The smallest absolute Gasteiger partial charge is 0.410 e. The lowest BCUT2D eigenvalue weighted by Crippen LogP contribution is -2.44. The number of carbonyl (C=O) groups is 1. The highest BCUT2D eigenvalue weighted by Gasteiger charge is 2.32. The third-order valence-corrected chi connectivity index (χ3v) is 4.86. The number of nitrogens with zero attached hydrogens (tertiary/aromatic N) is 1. The van der Waals surface area contributed by atoms with E-state index < -0.39 is 5.60 Å². The zero-order valence-electron chi connectivity index (χ0n) is 13.7. The lowest BCUT2D eigenvalue weighted by atomic mass is 10.1. The molecular weight excluding hydrogens is 320 g/mol. The fraction of sp³-hybridized carbons (Fsp3) is 0.688. The first-order chi connectivity index (χ1) is 10.3. The van der Waals surface area contributed by atoms with Crippen LogP contribution in [0.1, 0.15) is 52.1 Å². The van der Waals surface area contributed by atoms with Crippen LogP contribution in [-0.2, 0) is 4.74 Å². The normalized spacial score (nSPS) is 20.2. The van der Waals surface area contributed by atoms with E-state index in [9.17, 15) is 4.79 Å². The van der Waals surface area contributed by atoms with Gasteiger partial charge in [-0.05, 0) is 57.5 Å². The Hall–Kier alpha value is -0.780. The van der Waals surface area contributed by atoms with Gasteiger partial charge in [-0.15, -0.1) is 11.3 Å². The highest BCUT2D eigenvalue weighted by molar-refractivity contribution is 7.14. The molecule has 1 fully saturated rings. The molecule has 1 amide bonds. The van der Waals surface area contributed by atoms with Crippen LogP contribution in [0.5, 0.6) is 0 Å². The highest BCUT2D eigenvalue weighted by Crippen LogP contribution is 2.25. The minimum atomic E-state index is -0.446. The SMILES string of the molecule is CC(NCC1CCCN1C(=O)OC(C)(C)C)c1csc(Cl)c1. The summed E-state index contributed by atoms with van der Waals surface area (Å²) < 4.78 is 6.30. The molecule has 22 heavy (non-hydrogen) atoms. The molecule has 2 rings (SSSR count). The van der Waals surface area contributed by atoms with Crippen LogP contribution in [0.2, 0.25) is 4.34 Å². The predicted molar refractivity (Wildman–Crippen MR) is 91.7 cm³/mol. The van der Waals surface area contributed by atoms with Crippen molar-refractivity contribution in [2.45, 2.75) is 58.2 Å². The molecule has 6 heteroatoms. The van der Waals surface area contributed by atoms with Gasteiger partial charge in [0.2, 0.25) is 0 Å². The Kier molecular flexibility index (Phi) is 5.75. The first-order valence-corrected chi connectivity index (χ1v) is 8.99. The Bertz CT molecular complexity index is 512. The number of ether oxygens (including phenoxy) is 1. The summed E-state index contributed by atoms with van der Waals surface area (Å²) in [6.07, 6.45) is 1.84. The van der Waals surface area contributed by atoms with Gasteiger partial charge < -0.3 is 15.0 Å². The third-order valence-electron chi connectivity index (χ3n) is 3.75. The van der Waals surface area contributed by atoms with E-state index in [0.29, 0.717) is 0 Å². The van der Waals surface area contributed by atoms with Crippen molar-refractivity contribution in [1.29, 1.82) is 0 Å². The van der Waals surface area contributed by atoms with E-state index in [0.717, 1.165) is 30.3 Å². The largest absolute Gasteiger partial charge is 0.444 e. The van der Waals surface area contributed by atoms with Gasteiger partial charge in [-0.1, -0.05) is 11.6 Å². The van der Waals surface area contributed by atoms with Gasteiger partial charge in [-0.3, -0.25) is 0 Å². The van der Waals surface area contributed by atoms with Gasteiger partial charge in [0.1, 0.15) is 5.60 Å². The molecule has 0 radical (unpaired) electrons. The van der Waals surface area contributed by atoms with Crippen molar-refractivity contribution in [3.63, 3.8) is 0 Å². The van der Waals surface area contributed by atoms with Crippen molar-refractivity contribution in [2.24, 2.45) is 0 Å². The molecule has 0 saturated carbocycles. The van der Waals surface area contributed by atoms with Gasteiger partial charge in [-0.25, -0.2) is 4.79 Å². The minimum absolute atomic E-state index is 0.200. The number of rotatable bonds is 4. The molecule has 1 N–H and O–H groups in total. The lowest BCUT2D eigenvalue weighted by Gasteiger charge is -2.29. The molecule has 1 aliphatic rings. The van der Waals surface area contributed by atoms with E-state index in [1.807, 2.05) is 31.7 Å². The molecule has 0 bridgehead atoms. The van der Waals surface area contributed by atoms with E-state index in [1.165, 1.54) is 5.56 Å². The maximum Gasteiger partial charge on any atom is 0.410 e. The van der Waals surface area contributed by atoms with Crippen molar-refractivity contribution in [1.82, 2.24) is 10.2 Å². The number of carbonyl (C=O) groups excluding carboxylic acids is 1. The fourth-order valence-corrected chi connectivity index (χ4v) is 3.57. The number of halogens is 1. The summed E-state index contributed by atoms with van der Waals surface area (Å²) in [5, 5.41) is 5.57. The molecule has 2 unspecified atom stereocenters. The maximum atomic E-state index is 12.2. The molecule has 1 aromatic heterocycles. The molecule has 4 nitrogen and oxygen atoms in total. The van der Waals surface area contributed by atoms with Crippen molar-refractivity contribution < 1.29 is 9.53 Å². The van der Waals surface area contributed by atoms with Crippen LogP contribution in [0.15, 0.2) is 11.4 Å². The second kappa shape index (κ2) is 7.20. The molecule has 1 aliphatic heterocycles. The molecule has 1 aromatic rings. The average molecular weight is 345 g/mol. The van der Waals surface area contributed by atoms with E-state index in [-0.39, 0.29) is 18.2 Å². The number of thiophene rings is 1. The van der Waals surface area contributed by atoms with Gasteiger partial charge in [0.15, 0.2) is 0 Å². The van der Waals surface area contributed by atoms with Gasteiger partial charge in [0.05, 0.1) is 4.34 Å². The molecule has 1 saturated heterocycles. The summed E-state index contributed by atoms with van der Waals surface area (Å²) in [5.74, 6) is 0. The van der Waals surface area contributed by atoms with Gasteiger partial charge in [0.25, 0.3) is 0 Å². The summed E-state index contributed by atoms with van der Waals surface area (Å²) >= 11 is 7.52. The second-order valence-corrected chi connectivity index (χ2v) is 8.33. The van der Waals surface area contributed by atoms with Crippen LogP contribution < -0.4 is 5.32 Å². The number of hydrogen-bond acceptors (Lipinski definition) is 4. The van der Waals surface area contributed by atoms with E-state index in [4.69, 9.17) is 16.3 Å². The van der Waals surface area contributed by atoms with Crippen LogP contribution in [0.3, 0.4) is 0 Å². The standard InChI is InChI=1S/C16H25ClN2O2S/c1-11(12-8-14(17)22-10-12)18-9-13-6-5-7-19(13)15(20)21-16(2,3)4/h8,10-11,13,18H,5-7,9H2,1-4H3. The van der Waals surface area contributed by atoms with Crippen molar-refractivity contribution in [2.75, 3.05) is 13.1 Å². The van der Waals surface area contributed by atoms with Crippen LogP contribution >= 0.6 is 22.9 Å². The van der Waals surface area contributed by atoms with Crippen LogP contribution in [-0.4, -0.2) is 35.7 Å². The topological polar surface area (TPSA) is 41.6 Å². The summed E-state index contributed by atoms with van der Waals surface area (Å²) in [6, 6.07) is 2.42. The average Bonchev–Trinajstić information content (AvgIpc) is 3.02. The van der Waals surface area contributed by atoms with Crippen LogP contribution in [0.25, 0.3) is 0 Å². The number of amides is 1. The molecule has 0 aliphatic carbocycles. The molecule has 124 valence electrons. The molecular formula is C16H25ClN2O2S. The van der Waals surface area contributed by atoms with Crippen LogP contribution in [0, 0.1) is 0 Å². The third kappa shape index (κ3) is 4.86. The fourth-order valence-electron chi connectivity index (χ4n) is 2.59. The van der Waals surface area contributed by atoms with Gasteiger partial charge in [0, 0.05) is 25.2 Å². The molecule has 2 atom stereocenters. The Morgan fingerprint density at radius 3 is 2.91 bits per heavy atom. The van der Waals surface area contributed by atoms with E-state index in [2.05, 4.69) is 17.6 Å². The van der Waals surface area contributed by atoms with Crippen molar-refractivity contribution in [3.05, 3.63) is 21.3 Å². The Morgan fingerprint density at radius 2 is 2.32 bits per heavy atom. The maximum absolute atomic E-state index is 12.2. The van der Waals surface area contributed by atoms with Crippen LogP contribution in [0.4, 0.5) is 4.79 Å². The van der Waals surface area contributed by atoms with Crippen molar-refractivity contribution in [3.8, 4) is 0 Å². The zero-order valence-corrected chi connectivity index (χ0v) is 15.3. The quantitative estimate of drug-likeness (QED) is 0.877. The summed E-state index contributed by atoms with van der Waals surface area (Å²) in [5.41, 5.74) is 0.745. The number of nitrogens with one attached hydrogen (secondary N) is 1. The first kappa shape index (κ1) is 17.6. The Morgan fingerprint density at radius 1 is 1.59 bits per heavy atom. The van der Waals surface area contributed by atoms with Gasteiger partial charge in [-0.2, -0.15) is 0 Å². The highest BCUT2D eigenvalue weighted by atomic mass is 35.5. The monoisotopic (exact) mass is 344 g/mol. The second-order valence-electron chi connectivity index (χ2n) is 6.78. The lowest BCUT2D eigenvalue weighted by molar-refractivity contribution is 0.0225. The minimum Gasteiger partial charge on any atom is -0.444 e. The van der Waals surface area contributed by atoms with E-state index >= 15 is 0 Å². The molecule has 0 aromatic carbocycles. The molecule has 2 heterocycles. The van der Waals surface area contributed by atoms with Gasteiger partial charge >= 0.3 is 6.09 Å².